The maximum Gasteiger partial charge on any atom is 0.495 e. The molecule has 0 saturated carbocycles. The maximum atomic E-state index is 11.1. The van der Waals surface area contributed by atoms with Crippen LogP contribution in [0.3, 0.4) is 0 Å². The monoisotopic (exact) mass is 890 g/mol. The molecule has 0 bridgehead atoms. The largest absolute Gasteiger partial charge is 0.495 e. The van der Waals surface area contributed by atoms with Gasteiger partial charge >= 0.3 is 7.12 Å². The van der Waals surface area contributed by atoms with Gasteiger partial charge in [0.05, 0.1) is 46.3 Å². The Morgan fingerprint density at radius 2 is 1.25 bits per heavy atom. The second-order valence-corrected chi connectivity index (χ2v) is 15.1. The van der Waals surface area contributed by atoms with Crippen LogP contribution in [-0.2, 0) is 9.31 Å². The normalized spacial score (nSPS) is 13.8. The van der Waals surface area contributed by atoms with Crippen molar-refractivity contribution in [2.45, 2.75) is 60.2 Å². The van der Waals surface area contributed by atoms with Gasteiger partial charge in [0.15, 0.2) is 0 Å². The molecular weight excluding hydrogens is 852 g/mol. The van der Waals surface area contributed by atoms with E-state index in [0.717, 1.165) is 62.8 Å². The van der Waals surface area contributed by atoms with Crippen LogP contribution in [0.15, 0.2) is 105 Å². The molecule has 3 radical (unpaired) electrons. The van der Waals surface area contributed by atoms with E-state index in [-0.39, 0.29) is 40.1 Å². The average Bonchev–Trinajstić information content (AvgIpc) is 3.87. The van der Waals surface area contributed by atoms with Crippen molar-refractivity contribution in [3.8, 4) is 0 Å². The van der Waals surface area contributed by atoms with Crippen molar-refractivity contribution in [3.63, 3.8) is 0 Å². The third kappa shape index (κ3) is 9.42. The maximum absolute atomic E-state index is 11.1. The van der Waals surface area contributed by atoms with E-state index in [1.165, 1.54) is 11.6 Å². The molecule has 4 N–H and O–H groups in total. The number of halogens is 3. The zero-order chi connectivity index (χ0) is 36.2. The quantitative estimate of drug-likeness (QED) is 0.110. The summed E-state index contributed by atoms with van der Waals surface area (Å²) in [6.45, 7) is 11.7. The molecule has 3 aromatic heterocycles. The summed E-state index contributed by atoms with van der Waals surface area (Å²) in [6, 6.07) is 23.4. The van der Waals surface area contributed by atoms with Gasteiger partial charge in [-0.05, 0) is 88.1 Å². The third-order valence-electron chi connectivity index (χ3n) is 8.63. The average molecular weight is 893 g/mol. The number of aromatic nitrogens is 6. The van der Waals surface area contributed by atoms with E-state index in [1.807, 2.05) is 85.9 Å². The molecule has 1 saturated heterocycles. The van der Waals surface area contributed by atoms with Gasteiger partial charge in [-0.25, -0.2) is 4.68 Å². The van der Waals surface area contributed by atoms with Crippen LogP contribution in [-0.4, -0.2) is 62.8 Å². The van der Waals surface area contributed by atoms with Crippen molar-refractivity contribution in [3.05, 3.63) is 110 Å². The minimum atomic E-state index is -0.337. The molecule has 1 aliphatic rings. The van der Waals surface area contributed by atoms with Crippen molar-refractivity contribution in [2.75, 3.05) is 5.73 Å². The van der Waals surface area contributed by atoms with Crippen molar-refractivity contribution in [2.24, 2.45) is 0 Å². The molecule has 8 rings (SSSR count). The van der Waals surface area contributed by atoms with Gasteiger partial charge in [-0.1, -0.05) is 85.5 Å². The first kappa shape index (κ1) is 42.7. The fourth-order valence-electron chi connectivity index (χ4n) is 4.99. The van der Waals surface area contributed by atoms with Crippen LogP contribution in [0.1, 0.15) is 52.4 Å². The van der Waals surface area contributed by atoms with Crippen molar-refractivity contribution >= 4 is 113 Å². The SMILES string of the molecule is Brc1cccc2[nH]ncc12.C.CC(=O)n1ncc2c(Br)cccc21.CC1(C)OB(c2cccc3[nH]ncc23)OC1(C)C.Cc1c(N)cccc1Br.[B]. The first-order valence-electron chi connectivity index (χ1n) is 15.7. The molecule has 0 amide bonds. The Balaban J connectivity index is 0.000000191. The highest BCUT2D eigenvalue weighted by Gasteiger charge is 2.52. The number of nitrogens with two attached hydrogens (primary N) is 1. The van der Waals surface area contributed by atoms with E-state index >= 15 is 0 Å². The third-order valence-corrected chi connectivity index (χ3v) is 10.9. The molecule has 10 nitrogen and oxygen atoms in total. The zero-order valence-corrected chi connectivity index (χ0v) is 33.8. The van der Waals surface area contributed by atoms with Gasteiger partial charge in [-0.3, -0.25) is 15.0 Å². The van der Waals surface area contributed by atoms with Gasteiger partial charge < -0.3 is 15.0 Å². The summed E-state index contributed by atoms with van der Waals surface area (Å²) in [4.78, 5) is 11.1. The molecule has 1 aliphatic heterocycles. The minimum absolute atomic E-state index is 0. The Morgan fingerprint density at radius 1 is 0.750 bits per heavy atom. The van der Waals surface area contributed by atoms with Crippen LogP contribution in [0.4, 0.5) is 5.69 Å². The molecule has 1 fully saturated rings. The number of nitrogen functional groups attached to an aromatic ring is 1. The van der Waals surface area contributed by atoms with E-state index in [0.29, 0.717) is 0 Å². The Kier molecular flexibility index (Phi) is 14.6. The Bertz CT molecular complexity index is 2230. The van der Waals surface area contributed by atoms with E-state index in [1.54, 1.807) is 12.4 Å². The Hall–Kier alpha value is -3.75. The summed E-state index contributed by atoms with van der Waals surface area (Å²) in [5.41, 5.74) is 10.8. The van der Waals surface area contributed by atoms with Crippen LogP contribution < -0.4 is 11.2 Å². The lowest BCUT2D eigenvalue weighted by Crippen LogP contribution is -2.41. The molecule has 7 aromatic rings. The van der Waals surface area contributed by atoms with Gasteiger partial charge in [0, 0.05) is 50.6 Å². The van der Waals surface area contributed by atoms with Gasteiger partial charge in [0.25, 0.3) is 0 Å². The van der Waals surface area contributed by atoms with E-state index < -0.39 is 0 Å². The number of anilines is 1. The number of carbonyl (C=O) groups is 1. The number of carbonyl (C=O) groups excluding carboxylic acids is 1. The van der Waals surface area contributed by atoms with Crippen LogP contribution in [0, 0.1) is 6.92 Å². The van der Waals surface area contributed by atoms with Gasteiger partial charge in [-0.2, -0.15) is 15.3 Å². The van der Waals surface area contributed by atoms with Crippen LogP contribution in [0.25, 0.3) is 32.7 Å². The van der Waals surface area contributed by atoms with Crippen LogP contribution >= 0.6 is 47.8 Å². The predicted octanol–water partition coefficient (Wildman–Crippen LogP) is 9.24. The number of nitrogens with one attached hydrogen (secondary N) is 2. The fourth-order valence-corrected chi connectivity index (χ4v) is 6.30. The Labute approximate surface area is 331 Å². The highest BCUT2D eigenvalue weighted by molar-refractivity contribution is 9.11. The van der Waals surface area contributed by atoms with Crippen LogP contribution in [0.5, 0.6) is 0 Å². The van der Waals surface area contributed by atoms with Crippen molar-refractivity contribution in [1.29, 1.82) is 0 Å². The summed E-state index contributed by atoms with van der Waals surface area (Å²) in [7, 11) is -0.337. The minimum Gasteiger partial charge on any atom is -0.399 e. The second-order valence-electron chi connectivity index (χ2n) is 12.5. The molecule has 52 heavy (non-hydrogen) atoms. The van der Waals surface area contributed by atoms with Crippen molar-refractivity contribution in [1.82, 2.24) is 30.2 Å². The first-order chi connectivity index (χ1) is 23.7. The summed E-state index contributed by atoms with van der Waals surface area (Å²) in [5, 5.41) is 20.9. The number of H-pyrrole nitrogens is 2. The molecule has 0 unspecified atom stereocenters. The lowest BCUT2D eigenvalue weighted by Gasteiger charge is -2.32. The molecule has 0 atom stereocenters. The molecule has 4 heterocycles. The van der Waals surface area contributed by atoms with E-state index in [4.69, 9.17) is 15.0 Å². The standard InChI is InChI=1S/C13H17BN2O2.C9H7BrN2O.C7H5BrN2.C7H8BrN.CH4.B/c1-12(2)13(3,4)18-14(17-12)10-6-5-7-11-9(10)8-15-16-11;1-6(13)12-9-4-2-3-8(10)7(9)5-11-12;8-6-2-1-3-7-5(6)4-9-10-7;1-5-6(8)3-2-4-7(5)9;;/h5-8H,1-4H3,(H,15,16);2-5H,1H3;1-4H,(H,9,10);2-4H,9H2,1H3;1H4;. The summed E-state index contributed by atoms with van der Waals surface area (Å²) in [5.74, 6) is -0.0758. The Morgan fingerprint density at radius 3 is 1.81 bits per heavy atom. The van der Waals surface area contributed by atoms with Gasteiger partial charge in [-0.15, -0.1) is 0 Å². The molecule has 269 valence electrons. The van der Waals surface area contributed by atoms with E-state index in [2.05, 4.69) is 101 Å². The smallest absolute Gasteiger partial charge is 0.399 e. The number of rotatable bonds is 1. The second kappa shape index (κ2) is 17.8. The van der Waals surface area contributed by atoms with Gasteiger partial charge in [0.1, 0.15) is 0 Å². The summed E-state index contributed by atoms with van der Waals surface area (Å²) < 4.78 is 16.6. The fraction of sp³-hybridized carbons (Fsp3) is 0.243. The number of aromatic amines is 2. The highest BCUT2D eigenvalue weighted by Crippen LogP contribution is 2.37. The highest BCUT2D eigenvalue weighted by atomic mass is 79.9. The van der Waals surface area contributed by atoms with Crippen molar-refractivity contribution < 1.29 is 14.1 Å². The van der Waals surface area contributed by atoms with Gasteiger partial charge in [0.2, 0.25) is 5.91 Å². The topological polar surface area (TPSA) is 137 Å². The number of hydrogen-bond acceptors (Lipinski definition) is 7. The first-order valence-corrected chi connectivity index (χ1v) is 18.1. The molecule has 0 aliphatic carbocycles. The number of nitrogens with zero attached hydrogens (tertiary/aromatic N) is 4. The zero-order valence-electron chi connectivity index (χ0n) is 29.0. The van der Waals surface area contributed by atoms with Crippen LogP contribution in [0.2, 0.25) is 0 Å². The molecule has 4 aromatic carbocycles. The lowest BCUT2D eigenvalue weighted by molar-refractivity contribution is 0.00578. The molecule has 15 heteroatoms. The van der Waals surface area contributed by atoms with E-state index in [9.17, 15) is 4.79 Å². The lowest BCUT2D eigenvalue weighted by atomic mass is 9.77. The molecular formula is C37H41B2Br3N7O3. The summed E-state index contributed by atoms with van der Waals surface area (Å²) in [6.07, 6.45) is 5.30. The number of fused-ring (bicyclic) bond motifs is 3. The number of hydrogen-bond donors (Lipinski definition) is 3. The predicted molar refractivity (Wildman–Crippen MR) is 225 cm³/mol. The molecule has 0 spiro atoms. The summed E-state index contributed by atoms with van der Waals surface area (Å²) >= 11 is 10.2. The number of benzene rings is 4.